The summed E-state index contributed by atoms with van der Waals surface area (Å²) in [4.78, 5) is 0. The van der Waals surface area contributed by atoms with Gasteiger partial charge in [0, 0.05) is 25.6 Å². The van der Waals surface area contributed by atoms with Crippen molar-refractivity contribution in [2.75, 3.05) is 13.2 Å². The minimum absolute atomic E-state index is 0.0636. The Kier molecular flexibility index (Phi) is 6.27. The van der Waals surface area contributed by atoms with E-state index in [1.54, 1.807) is 0 Å². The lowest BCUT2D eigenvalue weighted by Crippen LogP contribution is -2.38. The van der Waals surface area contributed by atoms with Crippen molar-refractivity contribution in [3.63, 3.8) is 0 Å². The molecule has 0 aliphatic heterocycles. The molecule has 0 spiro atoms. The van der Waals surface area contributed by atoms with Crippen molar-refractivity contribution in [2.45, 2.75) is 39.7 Å². The molecule has 5 nitrogen and oxygen atoms in total. The van der Waals surface area contributed by atoms with Crippen molar-refractivity contribution in [3.8, 4) is 0 Å². The van der Waals surface area contributed by atoms with Crippen LogP contribution in [0.25, 0.3) is 0 Å². The maximum atomic E-state index is 8.85. The molecule has 0 aliphatic carbocycles. The van der Waals surface area contributed by atoms with Crippen LogP contribution in [0.15, 0.2) is 5.16 Å². The fourth-order valence-corrected chi connectivity index (χ4v) is 1.27. The van der Waals surface area contributed by atoms with E-state index >= 15 is 0 Å². The van der Waals surface area contributed by atoms with Gasteiger partial charge in [-0.15, -0.1) is 0 Å². The fraction of sp³-hybridized carbons (Fsp3) is 0.900. The largest absolute Gasteiger partial charge is 0.409 e. The maximum absolute atomic E-state index is 8.85. The van der Waals surface area contributed by atoms with Gasteiger partial charge in [0.1, 0.15) is 5.84 Å². The summed E-state index contributed by atoms with van der Waals surface area (Å²) in [7, 11) is 0. The van der Waals surface area contributed by atoms with Gasteiger partial charge < -0.3 is 21.4 Å². The first-order valence-corrected chi connectivity index (χ1v) is 5.22. The van der Waals surface area contributed by atoms with Crippen LogP contribution in [0, 0.1) is 5.41 Å². The van der Waals surface area contributed by atoms with Crippen LogP contribution in [-0.2, 0) is 0 Å². The second-order valence-electron chi connectivity index (χ2n) is 4.72. The predicted molar refractivity (Wildman–Crippen MR) is 61.0 cm³/mol. The first kappa shape index (κ1) is 14.2. The second-order valence-corrected chi connectivity index (χ2v) is 4.72. The van der Waals surface area contributed by atoms with Crippen LogP contribution in [0.5, 0.6) is 0 Å². The second kappa shape index (κ2) is 6.63. The molecule has 0 saturated heterocycles. The van der Waals surface area contributed by atoms with Gasteiger partial charge >= 0.3 is 0 Å². The first-order chi connectivity index (χ1) is 6.91. The number of rotatable bonds is 7. The van der Waals surface area contributed by atoms with Crippen LogP contribution >= 0.6 is 0 Å². The highest BCUT2D eigenvalue weighted by Crippen LogP contribution is 2.18. The van der Waals surface area contributed by atoms with Gasteiger partial charge in [0.2, 0.25) is 0 Å². The van der Waals surface area contributed by atoms with E-state index in [1.807, 2.05) is 6.92 Å². The number of hydrogen-bond donors (Lipinski definition) is 4. The summed E-state index contributed by atoms with van der Waals surface area (Å²) in [5.41, 5.74) is 5.46. The smallest absolute Gasteiger partial charge is 0.140 e. The summed E-state index contributed by atoms with van der Waals surface area (Å²) < 4.78 is 0. The SMILES string of the molecule is CC(CC(N)=NO)NCC(C)(C)CCO. The lowest BCUT2D eigenvalue weighted by Gasteiger charge is -2.26. The van der Waals surface area contributed by atoms with Crippen molar-refractivity contribution >= 4 is 5.84 Å². The lowest BCUT2D eigenvalue weighted by atomic mass is 9.89. The minimum Gasteiger partial charge on any atom is -0.409 e. The number of aliphatic hydroxyl groups is 1. The third-order valence-electron chi connectivity index (χ3n) is 2.36. The lowest BCUT2D eigenvalue weighted by molar-refractivity contribution is 0.204. The van der Waals surface area contributed by atoms with Crippen LogP contribution in [0.2, 0.25) is 0 Å². The van der Waals surface area contributed by atoms with Gasteiger partial charge in [0.05, 0.1) is 0 Å². The van der Waals surface area contributed by atoms with E-state index in [9.17, 15) is 0 Å². The van der Waals surface area contributed by atoms with Crippen LogP contribution in [0.4, 0.5) is 0 Å². The van der Waals surface area contributed by atoms with Crippen molar-refractivity contribution in [1.82, 2.24) is 5.32 Å². The van der Waals surface area contributed by atoms with Gasteiger partial charge in [0.25, 0.3) is 0 Å². The Morgan fingerprint density at radius 2 is 2.13 bits per heavy atom. The quantitative estimate of drug-likeness (QED) is 0.216. The molecule has 0 radical (unpaired) electrons. The molecule has 0 aromatic rings. The molecule has 15 heavy (non-hydrogen) atoms. The van der Waals surface area contributed by atoms with Gasteiger partial charge in [-0.3, -0.25) is 0 Å². The molecule has 0 bridgehead atoms. The molecule has 5 N–H and O–H groups in total. The van der Waals surface area contributed by atoms with Crippen LogP contribution in [0.3, 0.4) is 0 Å². The van der Waals surface area contributed by atoms with Gasteiger partial charge in [-0.2, -0.15) is 0 Å². The van der Waals surface area contributed by atoms with Crippen LogP contribution < -0.4 is 11.1 Å². The Bertz CT molecular complexity index is 205. The number of oxime groups is 1. The van der Waals surface area contributed by atoms with E-state index in [0.717, 1.165) is 13.0 Å². The molecule has 0 amide bonds. The molecule has 0 fully saturated rings. The number of amidine groups is 1. The number of nitrogens with one attached hydrogen (secondary N) is 1. The molecule has 90 valence electrons. The highest BCUT2D eigenvalue weighted by Gasteiger charge is 2.17. The average Bonchev–Trinajstić information content (AvgIpc) is 2.15. The molecule has 0 heterocycles. The fourth-order valence-electron chi connectivity index (χ4n) is 1.27. The first-order valence-electron chi connectivity index (χ1n) is 5.22. The van der Waals surface area contributed by atoms with Gasteiger partial charge in [0.15, 0.2) is 0 Å². The molecule has 1 unspecified atom stereocenters. The van der Waals surface area contributed by atoms with E-state index < -0.39 is 0 Å². The average molecular weight is 217 g/mol. The Hall–Kier alpha value is -0.810. The monoisotopic (exact) mass is 217 g/mol. The van der Waals surface area contributed by atoms with Gasteiger partial charge in [-0.25, -0.2) is 0 Å². The summed E-state index contributed by atoms with van der Waals surface area (Å²) in [6, 6.07) is 0.166. The van der Waals surface area contributed by atoms with Gasteiger partial charge in [-0.05, 0) is 18.8 Å². The van der Waals surface area contributed by atoms with Crippen molar-refractivity contribution in [1.29, 1.82) is 0 Å². The molecule has 0 aromatic carbocycles. The molecular weight excluding hydrogens is 194 g/mol. The molecule has 0 aliphatic rings. The standard InChI is InChI=1S/C10H23N3O2/c1-8(6-9(11)13-15)12-7-10(2,3)4-5-14/h8,12,14-15H,4-7H2,1-3H3,(H2,11,13). The molecule has 0 saturated carbocycles. The van der Waals surface area contributed by atoms with Crippen LogP contribution in [-0.4, -0.2) is 35.3 Å². The van der Waals surface area contributed by atoms with Crippen molar-refractivity contribution < 1.29 is 10.3 Å². The predicted octanol–water partition coefficient (Wildman–Crippen LogP) is 0.510. The molecule has 0 aromatic heterocycles. The summed E-state index contributed by atoms with van der Waals surface area (Å²) in [5.74, 6) is 0.231. The summed E-state index contributed by atoms with van der Waals surface area (Å²) in [5, 5.41) is 23.5. The van der Waals surface area contributed by atoms with Crippen molar-refractivity contribution in [3.05, 3.63) is 0 Å². The normalized spacial score (nSPS) is 15.3. The summed E-state index contributed by atoms with van der Waals surface area (Å²) in [6.07, 6.45) is 1.28. The maximum Gasteiger partial charge on any atom is 0.140 e. The third-order valence-corrected chi connectivity index (χ3v) is 2.36. The zero-order valence-electron chi connectivity index (χ0n) is 9.82. The van der Waals surface area contributed by atoms with Crippen LogP contribution in [0.1, 0.15) is 33.6 Å². The van der Waals surface area contributed by atoms with Gasteiger partial charge in [-0.1, -0.05) is 19.0 Å². The van der Waals surface area contributed by atoms with Crippen molar-refractivity contribution in [2.24, 2.45) is 16.3 Å². The Morgan fingerprint density at radius 1 is 1.53 bits per heavy atom. The number of nitrogens with two attached hydrogens (primary N) is 1. The zero-order chi connectivity index (χ0) is 11.9. The van der Waals surface area contributed by atoms with E-state index in [0.29, 0.717) is 6.42 Å². The Labute approximate surface area is 91.4 Å². The Balaban J connectivity index is 3.84. The van der Waals surface area contributed by atoms with E-state index in [-0.39, 0.29) is 23.9 Å². The van der Waals surface area contributed by atoms with E-state index in [4.69, 9.17) is 16.0 Å². The summed E-state index contributed by atoms with van der Waals surface area (Å²) >= 11 is 0. The number of hydrogen-bond acceptors (Lipinski definition) is 4. The third kappa shape index (κ3) is 7.16. The minimum atomic E-state index is 0.0636. The molecule has 0 rings (SSSR count). The molecule has 1 atom stereocenters. The zero-order valence-corrected chi connectivity index (χ0v) is 9.82. The number of nitrogens with zero attached hydrogens (tertiary/aromatic N) is 1. The number of aliphatic hydroxyl groups excluding tert-OH is 1. The summed E-state index contributed by atoms with van der Waals surface area (Å²) in [6.45, 7) is 7.16. The molecule has 5 heteroatoms. The highest BCUT2D eigenvalue weighted by molar-refractivity contribution is 5.80. The highest BCUT2D eigenvalue weighted by atomic mass is 16.4. The topological polar surface area (TPSA) is 90.9 Å². The molecular formula is C10H23N3O2. The van der Waals surface area contributed by atoms with E-state index in [1.165, 1.54) is 0 Å². The Morgan fingerprint density at radius 3 is 2.60 bits per heavy atom. The van der Waals surface area contributed by atoms with E-state index in [2.05, 4.69) is 24.3 Å².